The Morgan fingerprint density at radius 1 is 0.785 bits per heavy atom. The van der Waals surface area contributed by atoms with Gasteiger partial charge in [-0.15, -0.1) is 0 Å². The van der Waals surface area contributed by atoms with Crippen LogP contribution in [-0.4, -0.2) is 62.5 Å². The van der Waals surface area contributed by atoms with E-state index < -0.39 is 13.9 Å². The molecule has 2 aromatic heterocycles. The molecule has 1 atom stereocenters. The van der Waals surface area contributed by atoms with Crippen molar-refractivity contribution in [1.82, 2.24) is 14.9 Å². The Kier molecular flexibility index (Phi) is 19.5. The van der Waals surface area contributed by atoms with E-state index in [2.05, 4.69) is 58.1 Å². The van der Waals surface area contributed by atoms with Crippen molar-refractivity contribution in [1.29, 1.82) is 0 Å². The summed E-state index contributed by atoms with van der Waals surface area (Å²) >= 11 is 0. The molecule has 0 amide bonds. The fourth-order valence-electron chi connectivity index (χ4n) is 7.63. The van der Waals surface area contributed by atoms with Crippen molar-refractivity contribution in [2.75, 3.05) is 32.9 Å². The Labute approximate surface area is 382 Å². The van der Waals surface area contributed by atoms with Crippen LogP contribution in [0.5, 0.6) is 5.75 Å². The summed E-state index contributed by atoms with van der Waals surface area (Å²) in [6.07, 6.45) is 12.1. The summed E-state index contributed by atoms with van der Waals surface area (Å²) in [6.45, 7) is 3.29. The Bertz CT molecular complexity index is 2450. The van der Waals surface area contributed by atoms with Gasteiger partial charge in [-0.1, -0.05) is 85.5 Å². The van der Waals surface area contributed by atoms with Gasteiger partial charge < -0.3 is 29.4 Å². The lowest BCUT2D eigenvalue weighted by Crippen LogP contribution is -2.33. The summed E-state index contributed by atoms with van der Waals surface area (Å²) in [7, 11) is -4.93. The second-order valence-electron chi connectivity index (χ2n) is 16.1. The molecule has 6 rings (SSSR count). The van der Waals surface area contributed by atoms with Crippen molar-refractivity contribution < 1.29 is 42.8 Å². The number of unbranched alkanes of at least 4 members (excludes halogenated alkanes) is 4. The molecule has 0 radical (unpaired) electrons. The number of halogens is 1. The number of aliphatic hydroxyl groups excluding tert-OH is 2. The number of pyridine rings is 1. The number of hydrogen-bond donors (Lipinski definition) is 5. The van der Waals surface area contributed by atoms with Crippen molar-refractivity contribution >= 4 is 7.82 Å². The van der Waals surface area contributed by atoms with Crippen LogP contribution in [0, 0.1) is 17.7 Å². The lowest BCUT2D eigenvalue weighted by atomic mass is 10.0. The number of aromatic nitrogens is 3. The highest BCUT2D eigenvalue weighted by Crippen LogP contribution is 2.40. The van der Waals surface area contributed by atoms with Crippen LogP contribution < -0.4 is 14.4 Å². The molecule has 0 saturated carbocycles. The zero-order chi connectivity index (χ0) is 45.7. The predicted octanol–water partition coefficient (Wildman–Crippen LogP) is 8.75. The fourth-order valence-corrected chi connectivity index (χ4v) is 8.06. The van der Waals surface area contributed by atoms with E-state index in [0.717, 1.165) is 94.4 Å². The topological polar surface area (TPSA) is 150 Å². The smallest absolute Gasteiger partial charge is 0.404 e. The molecule has 0 bridgehead atoms. The van der Waals surface area contributed by atoms with Crippen LogP contribution in [0.1, 0.15) is 85.5 Å². The molecule has 13 heteroatoms. The molecule has 5 N–H and O–H groups in total. The minimum Gasteiger partial charge on any atom is -0.404 e. The van der Waals surface area contributed by atoms with Gasteiger partial charge in [0.25, 0.3) is 0 Å². The van der Waals surface area contributed by atoms with Gasteiger partial charge in [-0.05, 0) is 110 Å². The maximum absolute atomic E-state index is 14.1. The molecule has 0 aliphatic carbocycles. The average Bonchev–Trinajstić information content (AvgIpc) is 3.66. The van der Waals surface area contributed by atoms with Gasteiger partial charge in [0.1, 0.15) is 11.6 Å². The fraction of sp³-hybridized carbons (Fsp3) is 0.346. The summed E-state index contributed by atoms with van der Waals surface area (Å²) in [5.41, 5.74) is 6.54. The van der Waals surface area contributed by atoms with Crippen LogP contribution in [0.3, 0.4) is 0 Å². The van der Waals surface area contributed by atoms with Gasteiger partial charge in [-0.2, -0.15) is 0 Å². The highest BCUT2D eigenvalue weighted by molar-refractivity contribution is 7.46. The minimum atomic E-state index is -4.93. The van der Waals surface area contributed by atoms with E-state index in [9.17, 15) is 29.0 Å². The third kappa shape index (κ3) is 16.2. The normalized spacial score (nSPS) is 11.9. The standard InChI is InChI=1S/C52H60FN4O7P/c53-47-27-25-43(26-28-47)51-52(57(50(55-51)22-9-12-35-58)32-15-21-42-18-7-4-8-19-42)44-29-33-56(34-30-44)40-46-24-23-45(38-49(46)64-65(60,61)62)48(59)39-54-31-11-1-2-13-36-63-37-14-10-20-41-16-5-3-6-17-41/h3-8,16-19,23-30,33-34,38,48,54,58-59H,1-2,10-15,20-21,31-32,35-37,39-40H2,(H-,60,61,62)/p+1. The molecule has 11 nitrogen and oxygen atoms in total. The molecule has 0 spiro atoms. The Morgan fingerprint density at radius 3 is 2.12 bits per heavy atom. The first kappa shape index (κ1) is 49.0. The summed E-state index contributed by atoms with van der Waals surface area (Å²) in [6, 6.07) is 35.7. The number of benzene rings is 4. The van der Waals surface area contributed by atoms with Gasteiger partial charge in [-0.3, -0.25) is 9.79 Å². The van der Waals surface area contributed by atoms with E-state index in [1.807, 2.05) is 53.4 Å². The third-order valence-corrected chi connectivity index (χ3v) is 11.4. The second-order valence-corrected chi connectivity index (χ2v) is 17.2. The van der Waals surface area contributed by atoms with Crippen LogP contribution in [0.2, 0.25) is 0 Å². The van der Waals surface area contributed by atoms with E-state index in [0.29, 0.717) is 35.6 Å². The van der Waals surface area contributed by atoms with Crippen molar-refractivity contribution in [2.24, 2.45) is 0 Å². The maximum Gasteiger partial charge on any atom is 0.524 e. The summed E-state index contributed by atoms with van der Waals surface area (Å²) in [4.78, 5) is 24.6. The van der Waals surface area contributed by atoms with Crippen molar-refractivity contribution in [3.05, 3.63) is 162 Å². The Morgan fingerprint density at radius 2 is 1.45 bits per heavy atom. The maximum atomic E-state index is 14.1. The van der Waals surface area contributed by atoms with Gasteiger partial charge in [0.05, 0.1) is 29.7 Å². The quantitative estimate of drug-likeness (QED) is 0.0156. The van der Waals surface area contributed by atoms with Crippen LogP contribution in [0.25, 0.3) is 22.5 Å². The molecular weight excluding hydrogens is 843 g/mol. The summed E-state index contributed by atoms with van der Waals surface area (Å²) in [5.74, 6) is 6.32. The van der Waals surface area contributed by atoms with Crippen molar-refractivity contribution in [3.8, 4) is 40.1 Å². The predicted molar refractivity (Wildman–Crippen MR) is 251 cm³/mol. The van der Waals surface area contributed by atoms with Crippen LogP contribution in [0.4, 0.5) is 4.39 Å². The Balaban J connectivity index is 1.07. The summed E-state index contributed by atoms with van der Waals surface area (Å²) in [5, 5.41) is 23.8. The lowest BCUT2D eigenvalue weighted by molar-refractivity contribution is -0.688. The van der Waals surface area contributed by atoms with Gasteiger partial charge in [0.2, 0.25) is 0 Å². The monoisotopic (exact) mass is 903 g/mol. The largest absolute Gasteiger partial charge is 0.524 e. The number of phosphoric acid groups is 1. The molecule has 0 saturated heterocycles. The SMILES string of the molecule is O=P(O)(O)Oc1cc(C(O)CNCCCCCCOCCCCc2ccccc2)ccc1C[n+]1ccc(-c2c(-c3ccc(F)cc3)nc(C#CCCO)n2CCCc2ccccc2)cc1. The van der Waals surface area contributed by atoms with Gasteiger partial charge in [-0.25, -0.2) is 18.5 Å². The van der Waals surface area contributed by atoms with Gasteiger partial charge in [0, 0.05) is 56.0 Å². The Hall–Kier alpha value is -5.48. The van der Waals surface area contributed by atoms with E-state index in [-0.39, 0.29) is 31.3 Å². The zero-order valence-corrected chi connectivity index (χ0v) is 37.8. The molecule has 2 heterocycles. The highest BCUT2D eigenvalue weighted by Gasteiger charge is 2.24. The number of rotatable bonds is 26. The summed E-state index contributed by atoms with van der Waals surface area (Å²) < 4.78 is 41.1. The molecular formula is C52H61FN4O7P+. The lowest BCUT2D eigenvalue weighted by Gasteiger charge is -2.16. The van der Waals surface area contributed by atoms with E-state index in [1.165, 1.54) is 29.3 Å². The van der Waals surface area contributed by atoms with Crippen molar-refractivity contribution in [2.45, 2.75) is 83.4 Å². The van der Waals surface area contributed by atoms with E-state index in [1.54, 1.807) is 24.3 Å². The first-order chi connectivity index (χ1) is 31.7. The van der Waals surface area contributed by atoms with E-state index >= 15 is 0 Å². The van der Waals surface area contributed by atoms with Crippen molar-refractivity contribution in [3.63, 3.8) is 0 Å². The molecule has 0 aliphatic heterocycles. The average molecular weight is 904 g/mol. The molecule has 0 aliphatic rings. The number of imidazole rings is 1. The molecule has 65 heavy (non-hydrogen) atoms. The van der Waals surface area contributed by atoms with E-state index in [4.69, 9.17) is 14.2 Å². The number of hydrogen-bond acceptors (Lipinski definition) is 7. The number of aliphatic hydroxyl groups is 2. The number of nitrogens with zero attached hydrogens (tertiary/aromatic N) is 3. The number of aryl methyl sites for hydroxylation is 2. The number of phosphoric ester groups is 1. The van der Waals surface area contributed by atoms with Crippen LogP contribution in [0.15, 0.2) is 128 Å². The molecule has 342 valence electrons. The molecule has 4 aromatic carbocycles. The molecule has 6 aromatic rings. The first-order valence-electron chi connectivity index (χ1n) is 22.5. The molecule has 1 unspecified atom stereocenters. The zero-order valence-electron chi connectivity index (χ0n) is 36.9. The van der Waals surface area contributed by atoms with Crippen LogP contribution >= 0.6 is 7.82 Å². The van der Waals surface area contributed by atoms with Crippen LogP contribution in [-0.2, 0) is 35.2 Å². The minimum absolute atomic E-state index is 0.0222. The number of nitrogens with one attached hydrogen (secondary N) is 1. The highest BCUT2D eigenvalue weighted by atomic mass is 31.2. The molecule has 0 fully saturated rings. The second kappa shape index (κ2) is 25.9. The van der Waals surface area contributed by atoms with Gasteiger partial charge in [0.15, 0.2) is 24.8 Å². The van der Waals surface area contributed by atoms with Gasteiger partial charge >= 0.3 is 7.82 Å². The number of ether oxygens (including phenoxy) is 1. The first-order valence-corrected chi connectivity index (χ1v) is 24.1. The third-order valence-electron chi connectivity index (χ3n) is 11.0.